The number of rotatable bonds is 5. The molecule has 0 bridgehead atoms. The predicted molar refractivity (Wildman–Crippen MR) is 41.7 cm³/mol. The molecular formula is C7H15F2N2O+. The van der Waals surface area contributed by atoms with Gasteiger partial charge in [-0.1, -0.05) is 6.58 Å². The van der Waals surface area contributed by atoms with Crippen molar-refractivity contribution < 1.29 is 19.6 Å². The Morgan fingerprint density at radius 2 is 2.17 bits per heavy atom. The van der Waals surface area contributed by atoms with Crippen molar-refractivity contribution >= 4 is 0 Å². The van der Waals surface area contributed by atoms with Crippen LogP contribution in [-0.2, 0) is 0 Å². The minimum absolute atomic E-state index is 0.00347. The van der Waals surface area contributed by atoms with Gasteiger partial charge in [-0.3, -0.25) is 0 Å². The summed E-state index contributed by atoms with van der Waals surface area (Å²) in [5.41, 5.74) is 6.78. The van der Waals surface area contributed by atoms with Gasteiger partial charge in [-0.05, 0) is 12.8 Å². The first kappa shape index (κ1) is 11.3. The minimum Gasteiger partial charge on any atom is -0.511 e. The van der Waals surface area contributed by atoms with Crippen LogP contribution < -0.4 is 11.5 Å². The zero-order chi connectivity index (χ0) is 9.78. The van der Waals surface area contributed by atoms with Gasteiger partial charge in [0.25, 0.3) is 6.43 Å². The highest BCUT2D eigenvalue weighted by atomic mass is 19.3. The normalized spacial score (nSPS) is 16.1. The average Bonchev–Trinajstić information content (AvgIpc) is 1.99. The molecule has 0 fully saturated rings. The van der Waals surface area contributed by atoms with Crippen LogP contribution in [0.4, 0.5) is 8.78 Å². The van der Waals surface area contributed by atoms with Crippen molar-refractivity contribution in [2.24, 2.45) is 5.73 Å². The number of hydrogen-bond acceptors (Lipinski definition) is 2. The quantitative estimate of drug-likeness (QED) is 0.524. The fourth-order valence-corrected chi connectivity index (χ4v) is 0.797. The van der Waals surface area contributed by atoms with Gasteiger partial charge in [0.05, 0.1) is 6.54 Å². The third-order valence-electron chi connectivity index (χ3n) is 1.77. The first-order chi connectivity index (χ1) is 5.45. The van der Waals surface area contributed by atoms with Gasteiger partial charge in [0.1, 0.15) is 11.3 Å². The lowest BCUT2D eigenvalue weighted by Crippen LogP contribution is -2.53. The molecule has 0 aromatic heterocycles. The number of nitrogens with two attached hydrogens (primary N) is 1. The number of hydrogen-bond donors (Lipinski definition) is 3. The van der Waals surface area contributed by atoms with E-state index in [1.807, 2.05) is 0 Å². The summed E-state index contributed by atoms with van der Waals surface area (Å²) in [7, 11) is 0. The van der Waals surface area contributed by atoms with Crippen molar-refractivity contribution in [3.63, 3.8) is 0 Å². The number of alkyl halides is 2. The largest absolute Gasteiger partial charge is 0.511 e. The molecule has 0 saturated heterocycles. The fraction of sp³-hybridized carbons (Fsp3) is 0.714. The molecule has 0 aromatic carbocycles. The van der Waals surface area contributed by atoms with Gasteiger partial charge in [-0.25, -0.2) is 8.78 Å². The van der Waals surface area contributed by atoms with Gasteiger partial charge in [0.2, 0.25) is 0 Å². The summed E-state index contributed by atoms with van der Waals surface area (Å²) in [6.45, 7) is 3.54. The van der Waals surface area contributed by atoms with Crippen molar-refractivity contribution in [3.05, 3.63) is 12.3 Å². The third kappa shape index (κ3) is 2.42. The van der Waals surface area contributed by atoms with E-state index in [1.165, 1.54) is 0 Å². The Balaban J connectivity index is 4.29. The summed E-state index contributed by atoms with van der Waals surface area (Å²) in [6, 6.07) is 0. The Bertz CT molecular complexity index is 163. The summed E-state index contributed by atoms with van der Waals surface area (Å²) in [6.07, 6.45) is -2.34. The van der Waals surface area contributed by atoms with Gasteiger partial charge in [-0.15, -0.1) is 0 Å². The molecule has 0 aromatic rings. The highest BCUT2D eigenvalue weighted by molar-refractivity contribution is 5.09. The summed E-state index contributed by atoms with van der Waals surface area (Å²) in [5, 5.41) is 8.85. The van der Waals surface area contributed by atoms with E-state index < -0.39 is 17.7 Å². The maximum Gasteiger partial charge on any atom is 0.263 e. The van der Waals surface area contributed by atoms with Gasteiger partial charge >= 0.3 is 0 Å². The molecule has 0 heterocycles. The van der Waals surface area contributed by atoms with Crippen molar-refractivity contribution in [1.29, 1.82) is 0 Å². The van der Waals surface area contributed by atoms with Crippen molar-refractivity contribution in [3.8, 4) is 0 Å². The fourth-order valence-electron chi connectivity index (χ4n) is 0.797. The lowest BCUT2D eigenvalue weighted by molar-refractivity contribution is -0.369. The zero-order valence-corrected chi connectivity index (χ0v) is 6.89. The number of quaternary nitrogens is 1. The van der Waals surface area contributed by atoms with Crippen LogP contribution in [0.5, 0.6) is 0 Å². The molecule has 72 valence electrons. The highest BCUT2D eigenvalue weighted by Crippen LogP contribution is 2.24. The van der Waals surface area contributed by atoms with Crippen LogP contribution >= 0.6 is 0 Å². The van der Waals surface area contributed by atoms with Crippen LogP contribution in [0.15, 0.2) is 12.3 Å². The predicted octanol–water partition coefficient (Wildman–Crippen LogP) is 0.0428. The van der Waals surface area contributed by atoms with E-state index in [0.29, 0.717) is 13.0 Å². The van der Waals surface area contributed by atoms with Crippen LogP contribution in [-0.4, -0.2) is 23.6 Å². The Morgan fingerprint density at radius 1 is 1.67 bits per heavy atom. The minimum atomic E-state index is -2.79. The van der Waals surface area contributed by atoms with E-state index in [-0.39, 0.29) is 6.42 Å². The summed E-state index contributed by atoms with van der Waals surface area (Å²) in [4.78, 5) is 0. The second kappa shape index (κ2) is 4.37. The first-order valence-electron chi connectivity index (χ1n) is 3.69. The standard InChI is InChI=1S/C7H14F2N2O/c1-5(12)7(11,6(8)9)3-2-4-10/h6,12H,1-4,10-11H2/p+1. The molecule has 0 spiro atoms. The van der Waals surface area contributed by atoms with E-state index in [0.717, 1.165) is 0 Å². The van der Waals surface area contributed by atoms with E-state index in [9.17, 15) is 8.78 Å². The molecule has 0 aliphatic heterocycles. The Hall–Kier alpha value is -0.680. The lowest BCUT2D eigenvalue weighted by atomic mass is 9.93. The molecule has 0 radical (unpaired) electrons. The van der Waals surface area contributed by atoms with Crippen LogP contribution in [0.2, 0.25) is 0 Å². The smallest absolute Gasteiger partial charge is 0.263 e. The van der Waals surface area contributed by atoms with Crippen LogP contribution in [0.3, 0.4) is 0 Å². The van der Waals surface area contributed by atoms with Crippen LogP contribution in [0.25, 0.3) is 0 Å². The van der Waals surface area contributed by atoms with E-state index in [2.05, 4.69) is 12.3 Å². The molecule has 0 amide bonds. The van der Waals surface area contributed by atoms with Gasteiger partial charge < -0.3 is 16.6 Å². The molecule has 6 N–H and O–H groups in total. The highest BCUT2D eigenvalue weighted by Gasteiger charge is 2.38. The van der Waals surface area contributed by atoms with Gasteiger partial charge in [0.15, 0.2) is 0 Å². The Morgan fingerprint density at radius 3 is 2.42 bits per heavy atom. The number of aliphatic hydroxyl groups excluding tert-OH is 1. The molecule has 0 saturated carbocycles. The molecular weight excluding hydrogens is 166 g/mol. The molecule has 1 unspecified atom stereocenters. The molecule has 3 nitrogen and oxygen atoms in total. The third-order valence-corrected chi connectivity index (χ3v) is 1.77. The van der Waals surface area contributed by atoms with Crippen molar-refractivity contribution in [2.45, 2.75) is 24.8 Å². The molecule has 0 aliphatic carbocycles. The van der Waals surface area contributed by atoms with Gasteiger partial charge in [-0.2, -0.15) is 0 Å². The molecule has 5 heteroatoms. The van der Waals surface area contributed by atoms with E-state index in [1.54, 1.807) is 0 Å². The average molecular weight is 181 g/mol. The molecule has 12 heavy (non-hydrogen) atoms. The van der Waals surface area contributed by atoms with Crippen LogP contribution in [0, 0.1) is 0 Å². The number of halogens is 2. The second-order valence-corrected chi connectivity index (χ2v) is 2.74. The monoisotopic (exact) mass is 181 g/mol. The SMILES string of the molecule is C=C(O)C(N)(CCC[NH3+])C(F)F. The van der Waals surface area contributed by atoms with Gasteiger partial charge in [0, 0.05) is 0 Å². The second-order valence-electron chi connectivity index (χ2n) is 2.74. The van der Waals surface area contributed by atoms with Crippen LogP contribution in [0.1, 0.15) is 12.8 Å². The summed E-state index contributed by atoms with van der Waals surface area (Å²) in [5.74, 6) is -0.661. The summed E-state index contributed by atoms with van der Waals surface area (Å²) >= 11 is 0. The zero-order valence-electron chi connectivity index (χ0n) is 6.89. The summed E-state index contributed by atoms with van der Waals surface area (Å²) < 4.78 is 24.6. The molecule has 0 aliphatic rings. The first-order valence-corrected chi connectivity index (χ1v) is 3.69. The Kier molecular flexibility index (Phi) is 4.12. The lowest BCUT2D eigenvalue weighted by Gasteiger charge is -2.26. The maximum atomic E-state index is 12.3. The topological polar surface area (TPSA) is 73.9 Å². The molecule has 1 atom stereocenters. The Labute approximate surface area is 70.0 Å². The maximum absolute atomic E-state index is 12.3. The molecule has 0 rings (SSSR count). The van der Waals surface area contributed by atoms with Crippen molar-refractivity contribution in [1.82, 2.24) is 0 Å². The van der Waals surface area contributed by atoms with E-state index >= 15 is 0 Å². The van der Waals surface area contributed by atoms with E-state index in [4.69, 9.17) is 10.8 Å². The van der Waals surface area contributed by atoms with Crippen molar-refractivity contribution in [2.75, 3.05) is 6.54 Å². The number of aliphatic hydroxyl groups is 1.